The Morgan fingerprint density at radius 1 is 1.48 bits per heavy atom. The number of esters is 1. The van der Waals surface area contributed by atoms with Crippen molar-refractivity contribution in [1.29, 1.82) is 0 Å². The number of hydrogen-bond acceptors (Lipinski definition) is 5. The van der Waals surface area contributed by atoms with E-state index in [1.807, 2.05) is 20.8 Å². The van der Waals surface area contributed by atoms with Gasteiger partial charge in [-0.15, -0.1) is 0 Å². The fourth-order valence-electron chi connectivity index (χ4n) is 1.99. The van der Waals surface area contributed by atoms with Gasteiger partial charge in [0.15, 0.2) is 0 Å². The van der Waals surface area contributed by atoms with Crippen molar-refractivity contribution < 1.29 is 9.53 Å². The maximum atomic E-state index is 12.0. The van der Waals surface area contributed by atoms with Gasteiger partial charge < -0.3 is 9.30 Å². The van der Waals surface area contributed by atoms with Gasteiger partial charge >= 0.3 is 5.97 Å². The molecule has 0 aliphatic carbocycles. The molecule has 2 aromatic rings. The average molecular weight is 309 g/mol. The van der Waals surface area contributed by atoms with E-state index in [1.165, 1.54) is 6.33 Å². The first-order chi connectivity index (χ1) is 9.81. The van der Waals surface area contributed by atoms with Crippen LogP contribution in [0.15, 0.2) is 17.5 Å². The quantitative estimate of drug-likeness (QED) is 0.496. The number of aliphatic imine (C=N–C) groups is 1. The van der Waals surface area contributed by atoms with Crippen LogP contribution in [0.1, 0.15) is 26.3 Å². The SMILES string of the molecule is C/N=C\c1cn(CC(=O)OC(C)(C)C)c2ncnc(Cl)c12. The molecule has 112 valence electrons. The van der Waals surface area contributed by atoms with Crippen LogP contribution in [0.3, 0.4) is 0 Å². The van der Waals surface area contributed by atoms with Gasteiger partial charge in [0.25, 0.3) is 0 Å². The number of halogens is 1. The molecule has 0 spiro atoms. The predicted molar refractivity (Wildman–Crippen MR) is 81.9 cm³/mol. The number of fused-ring (bicyclic) bond motifs is 1. The molecule has 0 bridgehead atoms. The van der Waals surface area contributed by atoms with E-state index in [1.54, 1.807) is 24.0 Å². The maximum Gasteiger partial charge on any atom is 0.326 e. The molecule has 0 radical (unpaired) electrons. The van der Waals surface area contributed by atoms with Crippen molar-refractivity contribution >= 4 is 34.8 Å². The van der Waals surface area contributed by atoms with E-state index in [0.717, 1.165) is 5.56 Å². The van der Waals surface area contributed by atoms with Crippen molar-refractivity contribution in [3.63, 3.8) is 0 Å². The van der Waals surface area contributed by atoms with Crippen molar-refractivity contribution in [3.8, 4) is 0 Å². The number of carbonyl (C=O) groups excluding carboxylic acids is 1. The van der Waals surface area contributed by atoms with Crippen LogP contribution in [0, 0.1) is 0 Å². The summed E-state index contributed by atoms with van der Waals surface area (Å²) < 4.78 is 7.01. The van der Waals surface area contributed by atoms with Crippen molar-refractivity contribution in [2.24, 2.45) is 4.99 Å². The largest absolute Gasteiger partial charge is 0.459 e. The number of hydrogen-bond donors (Lipinski definition) is 0. The fraction of sp³-hybridized carbons (Fsp3) is 0.429. The van der Waals surface area contributed by atoms with E-state index < -0.39 is 5.60 Å². The molecule has 0 atom stereocenters. The zero-order chi connectivity index (χ0) is 15.6. The lowest BCUT2D eigenvalue weighted by molar-refractivity contribution is -0.155. The highest BCUT2D eigenvalue weighted by molar-refractivity contribution is 6.35. The first-order valence-electron chi connectivity index (χ1n) is 6.45. The summed E-state index contributed by atoms with van der Waals surface area (Å²) in [5, 5.41) is 1.01. The molecule has 6 nitrogen and oxygen atoms in total. The van der Waals surface area contributed by atoms with Crippen molar-refractivity contribution in [3.05, 3.63) is 23.2 Å². The van der Waals surface area contributed by atoms with Gasteiger partial charge in [0, 0.05) is 25.0 Å². The van der Waals surface area contributed by atoms with Crippen molar-refractivity contribution in [2.75, 3.05) is 7.05 Å². The summed E-state index contributed by atoms with van der Waals surface area (Å²) in [4.78, 5) is 24.1. The Labute approximate surface area is 127 Å². The summed E-state index contributed by atoms with van der Waals surface area (Å²) in [5.74, 6) is -0.339. The van der Waals surface area contributed by atoms with Crippen LogP contribution in [0.2, 0.25) is 5.15 Å². The lowest BCUT2D eigenvalue weighted by Crippen LogP contribution is -2.26. The van der Waals surface area contributed by atoms with Gasteiger partial charge in [-0.1, -0.05) is 11.6 Å². The van der Waals surface area contributed by atoms with Crippen LogP contribution in [-0.2, 0) is 16.1 Å². The molecule has 0 unspecified atom stereocenters. The summed E-state index contributed by atoms with van der Waals surface area (Å²) in [6, 6.07) is 0. The van der Waals surface area contributed by atoms with Crippen LogP contribution in [0.4, 0.5) is 0 Å². The first kappa shape index (κ1) is 15.4. The molecular weight excluding hydrogens is 292 g/mol. The van der Waals surface area contributed by atoms with Gasteiger partial charge in [0.1, 0.15) is 29.3 Å². The highest BCUT2D eigenvalue weighted by Crippen LogP contribution is 2.24. The molecule has 0 aliphatic heterocycles. The third-order valence-electron chi connectivity index (χ3n) is 2.62. The Morgan fingerprint density at radius 3 is 2.81 bits per heavy atom. The highest BCUT2D eigenvalue weighted by atomic mass is 35.5. The van der Waals surface area contributed by atoms with Crippen LogP contribution < -0.4 is 0 Å². The lowest BCUT2D eigenvalue weighted by Gasteiger charge is -2.19. The third-order valence-corrected chi connectivity index (χ3v) is 2.91. The predicted octanol–water partition coefficient (Wildman–Crippen LogP) is 2.48. The summed E-state index contributed by atoms with van der Waals surface area (Å²) >= 11 is 6.11. The summed E-state index contributed by atoms with van der Waals surface area (Å²) in [5.41, 5.74) is 0.817. The second-order valence-corrected chi connectivity index (χ2v) is 5.91. The average Bonchev–Trinajstić information content (AvgIpc) is 2.67. The molecule has 0 aromatic carbocycles. The van der Waals surface area contributed by atoms with E-state index in [2.05, 4.69) is 15.0 Å². The van der Waals surface area contributed by atoms with Crippen LogP contribution in [-0.4, -0.2) is 39.4 Å². The number of rotatable bonds is 3. The summed E-state index contributed by atoms with van der Waals surface area (Å²) in [7, 11) is 1.66. The zero-order valence-corrected chi connectivity index (χ0v) is 13.2. The number of carbonyl (C=O) groups is 1. The van der Waals surface area contributed by atoms with Crippen molar-refractivity contribution in [1.82, 2.24) is 14.5 Å². The van der Waals surface area contributed by atoms with Gasteiger partial charge in [-0.2, -0.15) is 0 Å². The van der Waals surface area contributed by atoms with Crippen LogP contribution in [0.5, 0.6) is 0 Å². The molecule has 2 rings (SSSR count). The standard InChI is InChI=1S/C14H17ClN4O2/c1-14(2,3)21-10(20)7-19-6-9(5-16-4)11-12(15)17-8-18-13(11)19/h5-6,8H,7H2,1-4H3/b16-5-. The zero-order valence-electron chi connectivity index (χ0n) is 12.4. The molecule has 0 fully saturated rings. The van der Waals surface area contributed by atoms with Crippen LogP contribution in [0.25, 0.3) is 11.0 Å². The Morgan fingerprint density at radius 2 is 2.19 bits per heavy atom. The molecule has 0 saturated carbocycles. The van der Waals surface area contributed by atoms with Gasteiger partial charge in [0.05, 0.1) is 5.39 Å². The van der Waals surface area contributed by atoms with E-state index in [-0.39, 0.29) is 12.5 Å². The van der Waals surface area contributed by atoms with Crippen molar-refractivity contribution in [2.45, 2.75) is 32.9 Å². The Balaban J connectivity index is 2.41. The molecule has 0 saturated heterocycles. The first-order valence-corrected chi connectivity index (χ1v) is 6.83. The summed E-state index contributed by atoms with van der Waals surface area (Å²) in [6.07, 6.45) is 4.79. The fourth-order valence-corrected chi connectivity index (χ4v) is 2.22. The minimum Gasteiger partial charge on any atom is -0.459 e. The molecule has 21 heavy (non-hydrogen) atoms. The molecule has 0 aliphatic rings. The molecular formula is C14H17ClN4O2. The van der Waals surface area contributed by atoms with Gasteiger partial charge in [-0.3, -0.25) is 9.79 Å². The van der Waals surface area contributed by atoms with Gasteiger partial charge in [-0.05, 0) is 20.8 Å². The smallest absolute Gasteiger partial charge is 0.326 e. The normalized spacial score (nSPS) is 12.2. The molecule has 2 aromatic heterocycles. The van der Waals surface area contributed by atoms with E-state index in [4.69, 9.17) is 16.3 Å². The summed E-state index contributed by atoms with van der Waals surface area (Å²) in [6.45, 7) is 5.53. The van der Waals surface area contributed by atoms with E-state index in [0.29, 0.717) is 16.2 Å². The highest BCUT2D eigenvalue weighted by Gasteiger charge is 2.19. The lowest BCUT2D eigenvalue weighted by atomic mass is 10.2. The minimum absolute atomic E-state index is 0.0542. The van der Waals surface area contributed by atoms with E-state index >= 15 is 0 Å². The Kier molecular flexibility index (Phi) is 4.27. The number of nitrogens with zero attached hydrogens (tertiary/aromatic N) is 4. The second-order valence-electron chi connectivity index (χ2n) is 5.55. The topological polar surface area (TPSA) is 69.4 Å². The monoisotopic (exact) mass is 308 g/mol. The molecule has 2 heterocycles. The molecule has 0 N–H and O–H groups in total. The second kappa shape index (κ2) is 5.81. The number of aromatic nitrogens is 3. The minimum atomic E-state index is -0.527. The molecule has 0 amide bonds. The van der Waals surface area contributed by atoms with E-state index in [9.17, 15) is 4.79 Å². The van der Waals surface area contributed by atoms with Crippen LogP contribution >= 0.6 is 11.6 Å². The number of ether oxygens (including phenoxy) is 1. The maximum absolute atomic E-state index is 12.0. The van der Waals surface area contributed by atoms with Gasteiger partial charge in [-0.25, -0.2) is 9.97 Å². The molecule has 7 heteroatoms. The van der Waals surface area contributed by atoms with Gasteiger partial charge in [0.2, 0.25) is 0 Å². The Hall–Kier alpha value is -1.95. The Bertz CT molecular complexity index is 701. The third kappa shape index (κ3) is 3.58.